The van der Waals surface area contributed by atoms with Gasteiger partial charge in [0.2, 0.25) is 10.0 Å². The van der Waals surface area contributed by atoms with Crippen LogP contribution in [0.3, 0.4) is 0 Å². The maximum atomic E-state index is 14.1. The maximum Gasteiger partial charge on any atom is 0.303 e. The van der Waals surface area contributed by atoms with Crippen LogP contribution in [0.2, 0.25) is 0 Å². The SMILES string of the molecule is CC(=O)O[C@@]12CC[C@@H](N(CC(C)C)S(=O)(=O)Cc3ccccc3)[C@@H]3Oc4cccc5c4[C@@]31CCN(C)[C@@H]2C5. The lowest BCUT2D eigenvalue weighted by Gasteiger charge is -2.65. The molecule has 0 N–H and O–H groups in total. The molecule has 6 rings (SSSR count). The quantitative estimate of drug-likeness (QED) is 0.498. The summed E-state index contributed by atoms with van der Waals surface area (Å²) in [4.78, 5) is 15.0. The molecule has 204 valence electrons. The van der Waals surface area contributed by atoms with Gasteiger partial charge in [0.15, 0.2) is 0 Å². The van der Waals surface area contributed by atoms with Crippen molar-refractivity contribution in [2.24, 2.45) is 5.92 Å². The molecule has 2 heterocycles. The number of benzene rings is 2. The van der Waals surface area contributed by atoms with E-state index in [1.165, 1.54) is 12.5 Å². The zero-order chi connectivity index (χ0) is 26.9. The fourth-order valence-corrected chi connectivity index (χ4v) is 10.0. The fourth-order valence-electron chi connectivity index (χ4n) is 8.11. The molecule has 5 atom stereocenters. The van der Waals surface area contributed by atoms with Crippen LogP contribution in [-0.4, -0.2) is 67.5 Å². The van der Waals surface area contributed by atoms with Crippen molar-refractivity contribution in [3.8, 4) is 5.75 Å². The Morgan fingerprint density at radius 3 is 2.63 bits per heavy atom. The van der Waals surface area contributed by atoms with Crippen molar-refractivity contribution in [2.45, 2.75) is 81.4 Å². The first kappa shape index (κ1) is 25.8. The average Bonchev–Trinajstić information content (AvgIpc) is 3.20. The highest BCUT2D eigenvalue weighted by atomic mass is 32.2. The molecule has 38 heavy (non-hydrogen) atoms. The molecule has 2 bridgehead atoms. The maximum absolute atomic E-state index is 14.1. The molecule has 4 aliphatic rings. The molecule has 1 spiro atoms. The standard InChI is InChI=1S/C30H38N2O5S/c1-20(2)18-32(38(34,35)19-22-9-6-5-7-10-22)24-13-14-30(37-21(3)33)26-17-23-11-8-12-25-27(23)29(30,28(24)36-25)15-16-31(26)4/h5-12,20,24,26,28H,13-19H2,1-4H3/t24-,26-,28+,29+,30-/m1/s1. The summed E-state index contributed by atoms with van der Waals surface area (Å²) in [5, 5.41) is 0. The molecule has 2 aromatic carbocycles. The number of carbonyl (C=O) groups excluding carboxylic acids is 1. The molecule has 1 saturated heterocycles. The van der Waals surface area contributed by atoms with Crippen molar-refractivity contribution in [1.82, 2.24) is 9.21 Å². The van der Waals surface area contributed by atoms with Crippen LogP contribution in [0, 0.1) is 5.92 Å². The Kier molecular flexibility index (Phi) is 6.16. The number of likely N-dealkylation sites (tertiary alicyclic amines) is 1. The molecule has 0 aromatic heterocycles. The van der Waals surface area contributed by atoms with Crippen molar-refractivity contribution in [2.75, 3.05) is 20.1 Å². The van der Waals surface area contributed by atoms with Gasteiger partial charge in [0.1, 0.15) is 17.5 Å². The van der Waals surface area contributed by atoms with E-state index in [2.05, 4.69) is 31.9 Å². The average molecular weight is 539 g/mol. The smallest absolute Gasteiger partial charge is 0.303 e. The highest BCUT2D eigenvalue weighted by Crippen LogP contribution is 2.65. The number of esters is 1. The first-order valence-electron chi connectivity index (χ1n) is 13.8. The fraction of sp³-hybridized carbons (Fsp3) is 0.567. The zero-order valence-electron chi connectivity index (χ0n) is 22.7. The largest absolute Gasteiger partial charge is 0.487 e. The summed E-state index contributed by atoms with van der Waals surface area (Å²) in [6, 6.07) is 15.3. The van der Waals surface area contributed by atoms with E-state index in [-0.39, 0.29) is 29.7 Å². The molecule has 2 aliphatic carbocycles. The Bertz CT molecular complexity index is 1350. The molecule has 2 aliphatic heterocycles. The lowest BCUT2D eigenvalue weighted by molar-refractivity contribution is -0.219. The lowest BCUT2D eigenvalue weighted by atomic mass is 9.48. The Labute approximate surface area is 226 Å². The summed E-state index contributed by atoms with van der Waals surface area (Å²) in [5.74, 6) is 0.638. The van der Waals surface area contributed by atoms with Gasteiger partial charge >= 0.3 is 5.97 Å². The van der Waals surface area contributed by atoms with Crippen LogP contribution in [0.5, 0.6) is 5.75 Å². The van der Waals surface area contributed by atoms with Gasteiger partial charge in [0, 0.05) is 19.0 Å². The lowest BCUT2D eigenvalue weighted by Crippen LogP contribution is -2.79. The third-order valence-corrected chi connectivity index (χ3v) is 11.2. The van der Waals surface area contributed by atoms with Crippen molar-refractivity contribution in [1.29, 1.82) is 0 Å². The number of carbonyl (C=O) groups is 1. The third-order valence-electron chi connectivity index (χ3n) is 9.35. The van der Waals surface area contributed by atoms with Gasteiger partial charge < -0.3 is 9.47 Å². The zero-order valence-corrected chi connectivity index (χ0v) is 23.5. The summed E-state index contributed by atoms with van der Waals surface area (Å²) >= 11 is 0. The number of ether oxygens (including phenoxy) is 2. The summed E-state index contributed by atoms with van der Waals surface area (Å²) in [7, 11) is -1.54. The highest BCUT2D eigenvalue weighted by molar-refractivity contribution is 7.88. The molecule has 0 amide bonds. The first-order valence-corrected chi connectivity index (χ1v) is 15.4. The number of piperidine rings is 1. The predicted octanol–water partition coefficient (Wildman–Crippen LogP) is 3.90. The minimum atomic E-state index is -3.65. The molecule has 0 unspecified atom stereocenters. The van der Waals surface area contributed by atoms with Gasteiger partial charge in [-0.15, -0.1) is 0 Å². The van der Waals surface area contributed by atoms with Gasteiger partial charge in [0.25, 0.3) is 0 Å². The van der Waals surface area contributed by atoms with Crippen molar-refractivity contribution >= 4 is 16.0 Å². The minimum Gasteiger partial charge on any atom is -0.487 e. The number of likely N-dealkylation sites (N-methyl/N-ethyl adjacent to an activating group) is 1. The normalized spacial score (nSPS) is 31.7. The highest BCUT2D eigenvalue weighted by Gasteiger charge is 2.75. The molecule has 0 radical (unpaired) electrons. The van der Waals surface area contributed by atoms with Gasteiger partial charge in [-0.3, -0.25) is 9.69 Å². The third kappa shape index (κ3) is 3.67. The summed E-state index contributed by atoms with van der Waals surface area (Å²) in [6.07, 6.45) is 2.31. The van der Waals surface area contributed by atoms with Gasteiger partial charge in [-0.1, -0.05) is 56.3 Å². The van der Waals surface area contributed by atoms with Crippen LogP contribution in [0.1, 0.15) is 56.7 Å². The van der Waals surface area contributed by atoms with Gasteiger partial charge in [-0.05, 0) is 62.4 Å². The van der Waals surface area contributed by atoms with Crippen molar-refractivity contribution in [3.05, 3.63) is 65.2 Å². The van der Waals surface area contributed by atoms with Gasteiger partial charge in [0.05, 0.1) is 23.3 Å². The molecule has 1 saturated carbocycles. The van der Waals surface area contributed by atoms with E-state index in [9.17, 15) is 13.2 Å². The van der Waals surface area contributed by atoms with Crippen molar-refractivity contribution in [3.63, 3.8) is 0 Å². The van der Waals surface area contributed by atoms with E-state index >= 15 is 0 Å². The van der Waals surface area contributed by atoms with E-state index < -0.39 is 27.1 Å². The first-order chi connectivity index (χ1) is 18.1. The molecule has 7 nitrogen and oxygen atoms in total. The Balaban J connectivity index is 1.49. The number of hydrogen-bond acceptors (Lipinski definition) is 6. The van der Waals surface area contributed by atoms with Crippen LogP contribution in [0.4, 0.5) is 0 Å². The Morgan fingerprint density at radius 1 is 1.16 bits per heavy atom. The molecule has 8 heteroatoms. The minimum absolute atomic E-state index is 0.0209. The number of rotatable bonds is 7. The second-order valence-corrected chi connectivity index (χ2v) is 14.0. The summed E-state index contributed by atoms with van der Waals surface area (Å²) < 4.78 is 43.2. The predicted molar refractivity (Wildman–Crippen MR) is 145 cm³/mol. The van der Waals surface area contributed by atoms with Crippen molar-refractivity contribution < 1.29 is 22.7 Å². The number of hydrogen-bond donors (Lipinski definition) is 0. The summed E-state index contributed by atoms with van der Waals surface area (Å²) in [5.41, 5.74) is 1.82. The molecule has 2 fully saturated rings. The number of sulfonamides is 1. The number of nitrogens with zero attached hydrogens (tertiary/aromatic N) is 2. The van der Waals surface area contributed by atoms with Crippen LogP contribution in [0.25, 0.3) is 0 Å². The van der Waals surface area contributed by atoms with Crippen LogP contribution >= 0.6 is 0 Å². The van der Waals surface area contributed by atoms with E-state index in [1.54, 1.807) is 4.31 Å². The van der Waals surface area contributed by atoms with Crippen LogP contribution in [-0.2, 0) is 37.1 Å². The molecule has 2 aromatic rings. The summed E-state index contributed by atoms with van der Waals surface area (Å²) in [6.45, 7) is 6.88. The molecular weight excluding hydrogens is 500 g/mol. The van der Waals surface area contributed by atoms with E-state index in [4.69, 9.17) is 9.47 Å². The Hall–Kier alpha value is -2.42. The second kappa shape index (κ2) is 9.07. The van der Waals surface area contributed by atoms with Gasteiger partial charge in [-0.25, -0.2) is 8.42 Å². The second-order valence-electron chi connectivity index (χ2n) is 12.0. The molecular formula is C30H38N2O5S. The van der Waals surface area contributed by atoms with Crippen LogP contribution < -0.4 is 4.74 Å². The van der Waals surface area contributed by atoms with E-state index in [0.29, 0.717) is 19.4 Å². The Morgan fingerprint density at radius 2 is 1.92 bits per heavy atom. The van der Waals surface area contributed by atoms with E-state index in [1.807, 2.05) is 42.5 Å². The monoisotopic (exact) mass is 538 g/mol. The van der Waals surface area contributed by atoms with E-state index in [0.717, 1.165) is 36.3 Å². The van der Waals surface area contributed by atoms with Gasteiger partial charge in [-0.2, -0.15) is 4.31 Å². The van der Waals surface area contributed by atoms with Crippen LogP contribution in [0.15, 0.2) is 48.5 Å². The topological polar surface area (TPSA) is 76.1 Å².